The van der Waals surface area contributed by atoms with Crippen LogP contribution in [0.1, 0.15) is 17.3 Å². The van der Waals surface area contributed by atoms with Gasteiger partial charge in [-0.2, -0.15) is 5.26 Å². The fourth-order valence-corrected chi connectivity index (χ4v) is 2.49. The van der Waals surface area contributed by atoms with E-state index in [0.717, 1.165) is 16.7 Å². The summed E-state index contributed by atoms with van der Waals surface area (Å²) in [6.45, 7) is 2.02. The largest absolute Gasteiger partial charge is 0.349 e. The number of anilines is 1. The van der Waals surface area contributed by atoms with Gasteiger partial charge in [-0.25, -0.2) is 4.98 Å². The minimum Gasteiger partial charge on any atom is -0.349 e. The number of H-pyrrole nitrogens is 1. The van der Waals surface area contributed by atoms with Crippen LogP contribution in [0, 0.1) is 18.3 Å². The van der Waals surface area contributed by atoms with Crippen LogP contribution in [0.15, 0.2) is 48.5 Å². The zero-order valence-electron chi connectivity index (χ0n) is 12.0. The predicted molar refractivity (Wildman–Crippen MR) is 91.8 cm³/mol. The fourth-order valence-electron chi connectivity index (χ4n) is 2.20. The lowest BCUT2D eigenvalue weighted by atomic mass is 10.1. The maximum atomic E-state index is 9.46. The number of benzene rings is 2. The Labute approximate surface area is 133 Å². The molecule has 0 aliphatic carbocycles. The number of fused-ring (bicyclic) bond motifs is 1. The first-order chi connectivity index (χ1) is 10.7. The summed E-state index contributed by atoms with van der Waals surface area (Å²) in [6, 6.07) is 17.7. The van der Waals surface area contributed by atoms with Gasteiger partial charge in [0.1, 0.15) is 10.8 Å². The van der Waals surface area contributed by atoms with Gasteiger partial charge in [0, 0.05) is 5.69 Å². The molecule has 3 rings (SSSR count). The molecule has 2 N–H and O–H groups in total. The predicted octanol–water partition coefficient (Wildman–Crippen LogP) is 3.92. The van der Waals surface area contributed by atoms with Gasteiger partial charge in [0.25, 0.3) is 0 Å². The third-order valence-electron chi connectivity index (χ3n) is 3.39. The second kappa shape index (κ2) is 5.96. The Morgan fingerprint density at radius 2 is 1.95 bits per heavy atom. The third-order valence-corrected chi connectivity index (χ3v) is 3.73. The van der Waals surface area contributed by atoms with Crippen molar-refractivity contribution >= 4 is 33.9 Å². The second-order valence-electron chi connectivity index (χ2n) is 5.06. The van der Waals surface area contributed by atoms with Crippen molar-refractivity contribution < 1.29 is 0 Å². The van der Waals surface area contributed by atoms with E-state index in [4.69, 9.17) is 12.2 Å². The summed E-state index contributed by atoms with van der Waals surface area (Å²) in [5.41, 5.74) is 3.77. The molecule has 1 aromatic heterocycles. The van der Waals surface area contributed by atoms with Crippen LogP contribution in [0.3, 0.4) is 0 Å². The second-order valence-corrected chi connectivity index (χ2v) is 5.50. The smallest absolute Gasteiger partial charge is 0.154 e. The van der Waals surface area contributed by atoms with Crippen molar-refractivity contribution in [2.24, 2.45) is 0 Å². The zero-order chi connectivity index (χ0) is 15.5. The molecule has 0 amide bonds. The van der Waals surface area contributed by atoms with Crippen LogP contribution in [0.4, 0.5) is 5.69 Å². The molecule has 0 radical (unpaired) electrons. The summed E-state index contributed by atoms with van der Waals surface area (Å²) in [7, 11) is 0. The van der Waals surface area contributed by atoms with Crippen molar-refractivity contribution in [3.8, 4) is 6.07 Å². The molecule has 0 fully saturated rings. The Bertz CT molecular complexity index is 825. The quantitative estimate of drug-likeness (QED) is 0.720. The Hall–Kier alpha value is -2.71. The van der Waals surface area contributed by atoms with E-state index in [0.29, 0.717) is 10.8 Å². The molecule has 3 aromatic rings. The normalized spacial score (nSPS) is 11.8. The van der Waals surface area contributed by atoms with Crippen LogP contribution in [0.2, 0.25) is 0 Å². The highest BCUT2D eigenvalue weighted by molar-refractivity contribution is 7.80. The number of hydrogen-bond donors (Lipinski definition) is 2. The number of thiocarbonyl (C=S) groups is 1. The van der Waals surface area contributed by atoms with Crippen molar-refractivity contribution in [3.05, 3.63) is 59.9 Å². The molecule has 0 unspecified atom stereocenters. The first-order valence-electron chi connectivity index (χ1n) is 6.89. The number of hydrogen-bond acceptors (Lipinski definition) is 3. The third kappa shape index (κ3) is 2.83. The first kappa shape index (κ1) is 14.2. The zero-order valence-corrected chi connectivity index (χ0v) is 12.8. The minimum absolute atomic E-state index is 0.436. The van der Waals surface area contributed by atoms with Crippen LogP contribution in [-0.2, 0) is 0 Å². The minimum atomic E-state index is -0.608. The number of nitrogens with one attached hydrogen (secondary N) is 2. The van der Waals surface area contributed by atoms with E-state index < -0.39 is 5.92 Å². The molecule has 0 aliphatic heterocycles. The highest BCUT2D eigenvalue weighted by Gasteiger charge is 2.20. The number of aryl methyl sites for hydroxylation is 1. The molecule has 0 spiro atoms. The maximum Gasteiger partial charge on any atom is 0.154 e. The summed E-state index contributed by atoms with van der Waals surface area (Å²) in [6.07, 6.45) is 0. The van der Waals surface area contributed by atoms with Gasteiger partial charge in [0.15, 0.2) is 5.92 Å². The fraction of sp³-hybridized carbons (Fsp3) is 0.118. The van der Waals surface area contributed by atoms with Crippen LogP contribution in [0.25, 0.3) is 11.0 Å². The molecule has 108 valence electrons. The van der Waals surface area contributed by atoms with Crippen molar-refractivity contribution in [1.29, 1.82) is 5.26 Å². The average molecular weight is 306 g/mol. The summed E-state index contributed by atoms with van der Waals surface area (Å²) in [4.78, 5) is 8.05. The molecular formula is C17H14N4S. The molecular weight excluding hydrogens is 292 g/mol. The van der Waals surface area contributed by atoms with E-state index in [2.05, 4.69) is 21.4 Å². The molecule has 0 saturated carbocycles. The molecule has 22 heavy (non-hydrogen) atoms. The average Bonchev–Trinajstić information content (AvgIpc) is 2.94. The van der Waals surface area contributed by atoms with E-state index in [9.17, 15) is 5.26 Å². The maximum absolute atomic E-state index is 9.46. The Kier molecular flexibility index (Phi) is 3.86. The van der Waals surface area contributed by atoms with Gasteiger partial charge in [0.2, 0.25) is 0 Å². The molecule has 4 nitrogen and oxygen atoms in total. The molecule has 1 heterocycles. The number of nitrogens with zero attached hydrogens (tertiary/aromatic N) is 2. The number of para-hydroxylation sites is 2. The SMILES string of the molecule is Cc1ccc(NC(=S)[C@@H](C#N)c2nc3ccccc3[nH]2)cc1. The molecule has 1 atom stereocenters. The number of nitriles is 1. The number of imidazole rings is 1. The number of rotatable bonds is 3. The summed E-state index contributed by atoms with van der Waals surface area (Å²) >= 11 is 5.38. The highest BCUT2D eigenvalue weighted by atomic mass is 32.1. The van der Waals surface area contributed by atoms with Crippen molar-refractivity contribution in [1.82, 2.24) is 9.97 Å². The first-order valence-corrected chi connectivity index (χ1v) is 7.30. The van der Waals surface area contributed by atoms with E-state index in [1.807, 2.05) is 55.5 Å². The van der Waals surface area contributed by atoms with Gasteiger partial charge in [0.05, 0.1) is 17.1 Å². The Morgan fingerprint density at radius 1 is 1.23 bits per heavy atom. The lowest BCUT2D eigenvalue weighted by Gasteiger charge is -2.11. The van der Waals surface area contributed by atoms with Crippen LogP contribution in [0.5, 0.6) is 0 Å². The van der Waals surface area contributed by atoms with Gasteiger partial charge < -0.3 is 10.3 Å². The van der Waals surface area contributed by atoms with Gasteiger partial charge in [-0.15, -0.1) is 0 Å². The molecule has 0 saturated heterocycles. The van der Waals surface area contributed by atoms with Crippen LogP contribution in [-0.4, -0.2) is 15.0 Å². The molecule has 2 aromatic carbocycles. The van der Waals surface area contributed by atoms with Crippen molar-refractivity contribution in [3.63, 3.8) is 0 Å². The molecule has 0 bridgehead atoms. The van der Waals surface area contributed by atoms with E-state index in [-0.39, 0.29) is 0 Å². The monoisotopic (exact) mass is 306 g/mol. The number of aromatic nitrogens is 2. The van der Waals surface area contributed by atoms with Crippen LogP contribution >= 0.6 is 12.2 Å². The summed E-state index contributed by atoms with van der Waals surface area (Å²) in [5, 5.41) is 12.6. The lowest BCUT2D eigenvalue weighted by Crippen LogP contribution is -2.19. The van der Waals surface area contributed by atoms with Gasteiger partial charge in [-0.05, 0) is 31.2 Å². The summed E-state index contributed by atoms with van der Waals surface area (Å²) < 4.78 is 0. The standard InChI is InChI=1S/C17H14N4S/c1-11-6-8-12(9-7-11)19-17(22)13(10-18)16-20-14-4-2-3-5-15(14)21-16/h2-9,13H,1H3,(H,19,22)(H,20,21)/t13-/m0/s1. The highest BCUT2D eigenvalue weighted by Crippen LogP contribution is 2.20. The lowest BCUT2D eigenvalue weighted by molar-refractivity contribution is 1.02. The summed E-state index contributed by atoms with van der Waals surface area (Å²) in [5.74, 6) is -0.0444. The van der Waals surface area contributed by atoms with E-state index >= 15 is 0 Å². The Balaban J connectivity index is 1.85. The van der Waals surface area contributed by atoms with Gasteiger partial charge in [-0.3, -0.25) is 0 Å². The van der Waals surface area contributed by atoms with Crippen molar-refractivity contribution in [2.75, 3.05) is 5.32 Å². The Morgan fingerprint density at radius 3 is 2.64 bits per heavy atom. The molecule has 0 aliphatic rings. The number of aromatic amines is 1. The van der Waals surface area contributed by atoms with Gasteiger partial charge in [-0.1, -0.05) is 42.0 Å². The van der Waals surface area contributed by atoms with E-state index in [1.54, 1.807) is 0 Å². The van der Waals surface area contributed by atoms with Gasteiger partial charge >= 0.3 is 0 Å². The van der Waals surface area contributed by atoms with E-state index in [1.165, 1.54) is 5.56 Å². The topological polar surface area (TPSA) is 64.5 Å². The van der Waals surface area contributed by atoms with Crippen molar-refractivity contribution in [2.45, 2.75) is 12.8 Å². The molecule has 5 heteroatoms. The van der Waals surface area contributed by atoms with Crippen LogP contribution < -0.4 is 5.32 Å².